The molecule has 0 bridgehead atoms. The van der Waals surface area contributed by atoms with Crippen molar-refractivity contribution < 1.29 is 13.9 Å². The van der Waals surface area contributed by atoms with E-state index in [0.717, 1.165) is 0 Å². The third-order valence-corrected chi connectivity index (χ3v) is 2.05. The molecule has 1 heterocycles. The maximum atomic E-state index is 12.9. The smallest absolute Gasteiger partial charge is 0.228 e. The maximum absolute atomic E-state index is 12.9. The summed E-state index contributed by atoms with van der Waals surface area (Å²) in [7, 11) is 0. The third-order valence-electron chi connectivity index (χ3n) is 2.05. The van der Waals surface area contributed by atoms with Gasteiger partial charge in [0, 0.05) is 12.1 Å². The highest BCUT2D eigenvalue weighted by atomic mass is 19.1. The van der Waals surface area contributed by atoms with Crippen LogP contribution >= 0.6 is 0 Å². The highest BCUT2D eigenvalue weighted by molar-refractivity contribution is 5.47. The van der Waals surface area contributed by atoms with E-state index in [1.165, 1.54) is 12.1 Å². The van der Waals surface area contributed by atoms with Crippen molar-refractivity contribution in [1.82, 2.24) is 0 Å². The van der Waals surface area contributed by atoms with Crippen molar-refractivity contribution in [1.29, 1.82) is 0 Å². The number of hydrogen-bond acceptors (Lipinski definition) is 3. The van der Waals surface area contributed by atoms with Crippen molar-refractivity contribution in [3.05, 3.63) is 35.9 Å². The molecule has 1 radical (unpaired) electrons. The lowest BCUT2D eigenvalue weighted by molar-refractivity contribution is 0.0717. The van der Waals surface area contributed by atoms with Crippen molar-refractivity contribution in [2.75, 3.05) is 18.9 Å². The number of rotatable bonds is 2. The summed E-state index contributed by atoms with van der Waals surface area (Å²) in [5.74, 6) is -0.298. The molecule has 1 aromatic rings. The molecular weight excluding hydrogens is 185 g/mol. The molecule has 1 aliphatic heterocycles. The van der Waals surface area contributed by atoms with Crippen LogP contribution in [0.5, 0.6) is 0 Å². The molecule has 2 N–H and O–H groups in total. The van der Waals surface area contributed by atoms with Crippen molar-refractivity contribution in [3.63, 3.8) is 0 Å². The Morgan fingerprint density at radius 2 is 2.00 bits per heavy atom. The SMILES string of the molecule is Nc1ccc(F)cc1C[C]1OCCO1. The quantitative estimate of drug-likeness (QED) is 0.729. The van der Waals surface area contributed by atoms with Crippen molar-refractivity contribution >= 4 is 5.69 Å². The number of benzene rings is 1. The molecule has 75 valence electrons. The van der Waals surface area contributed by atoms with Gasteiger partial charge in [-0.2, -0.15) is 0 Å². The molecule has 1 aromatic carbocycles. The lowest BCUT2D eigenvalue weighted by Gasteiger charge is -2.09. The molecule has 0 amide bonds. The molecule has 0 unspecified atom stereocenters. The van der Waals surface area contributed by atoms with E-state index in [0.29, 0.717) is 37.2 Å². The summed E-state index contributed by atoms with van der Waals surface area (Å²) in [5.41, 5.74) is 6.93. The summed E-state index contributed by atoms with van der Waals surface area (Å²) in [4.78, 5) is 0. The van der Waals surface area contributed by atoms with Gasteiger partial charge in [-0.25, -0.2) is 4.39 Å². The standard InChI is InChI=1S/C10H11FNO2/c11-8-1-2-9(12)7(5-8)6-10-13-3-4-14-10/h1-2,5H,3-4,6,12H2. The Bertz CT molecular complexity index is 324. The molecule has 2 rings (SSSR count). The van der Waals surface area contributed by atoms with Crippen LogP contribution in [0.25, 0.3) is 0 Å². The molecule has 14 heavy (non-hydrogen) atoms. The van der Waals surface area contributed by atoms with Gasteiger partial charge in [-0.1, -0.05) is 0 Å². The van der Waals surface area contributed by atoms with Crippen molar-refractivity contribution in [2.24, 2.45) is 0 Å². The number of ether oxygens (including phenoxy) is 2. The molecular formula is C10H11FNO2. The van der Waals surface area contributed by atoms with Crippen LogP contribution in [0.2, 0.25) is 0 Å². The van der Waals surface area contributed by atoms with E-state index in [4.69, 9.17) is 15.2 Å². The number of halogens is 1. The second-order valence-electron chi connectivity index (χ2n) is 3.09. The molecule has 0 spiro atoms. The lowest BCUT2D eigenvalue weighted by atomic mass is 10.1. The fourth-order valence-electron chi connectivity index (χ4n) is 1.34. The zero-order valence-electron chi connectivity index (χ0n) is 7.63. The topological polar surface area (TPSA) is 44.5 Å². The van der Waals surface area contributed by atoms with Crippen LogP contribution in [0.4, 0.5) is 10.1 Å². The normalized spacial score (nSPS) is 17.5. The minimum absolute atomic E-state index is 0.298. The van der Waals surface area contributed by atoms with E-state index in [1.807, 2.05) is 0 Å². The molecule has 1 fully saturated rings. The highest BCUT2D eigenvalue weighted by Gasteiger charge is 2.19. The van der Waals surface area contributed by atoms with E-state index >= 15 is 0 Å². The zero-order valence-corrected chi connectivity index (χ0v) is 7.63. The number of hydrogen-bond donors (Lipinski definition) is 1. The summed E-state index contributed by atoms with van der Waals surface area (Å²) in [6, 6.07) is 4.27. The lowest BCUT2D eigenvalue weighted by Crippen LogP contribution is -2.04. The Labute approximate surface area is 81.6 Å². The second-order valence-corrected chi connectivity index (χ2v) is 3.09. The first kappa shape index (κ1) is 9.43. The highest BCUT2D eigenvalue weighted by Crippen LogP contribution is 2.22. The predicted octanol–water partition coefficient (Wildman–Crippen LogP) is 1.49. The van der Waals surface area contributed by atoms with Gasteiger partial charge in [0.2, 0.25) is 6.29 Å². The molecule has 0 saturated carbocycles. The van der Waals surface area contributed by atoms with E-state index in [1.54, 1.807) is 6.07 Å². The average Bonchev–Trinajstić information content (AvgIpc) is 2.64. The maximum Gasteiger partial charge on any atom is 0.228 e. The summed E-state index contributed by atoms with van der Waals surface area (Å²) in [6.07, 6.45) is 0.936. The van der Waals surface area contributed by atoms with Crippen LogP contribution in [0.15, 0.2) is 18.2 Å². The van der Waals surface area contributed by atoms with E-state index < -0.39 is 0 Å². The van der Waals surface area contributed by atoms with Crippen LogP contribution in [0, 0.1) is 12.1 Å². The third kappa shape index (κ3) is 2.02. The minimum Gasteiger partial charge on any atom is -0.398 e. The first-order chi connectivity index (χ1) is 6.75. The van der Waals surface area contributed by atoms with E-state index in [9.17, 15) is 4.39 Å². The largest absolute Gasteiger partial charge is 0.398 e. The van der Waals surface area contributed by atoms with Gasteiger partial charge in [0.15, 0.2) is 0 Å². The van der Waals surface area contributed by atoms with Crippen LogP contribution in [0.3, 0.4) is 0 Å². The Morgan fingerprint density at radius 3 is 2.71 bits per heavy atom. The number of anilines is 1. The Morgan fingerprint density at radius 1 is 1.29 bits per heavy atom. The number of nitrogen functional groups attached to an aromatic ring is 1. The first-order valence-corrected chi connectivity index (χ1v) is 4.41. The fourth-order valence-corrected chi connectivity index (χ4v) is 1.34. The van der Waals surface area contributed by atoms with Gasteiger partial charge in [0.05, 0.1) is 13.2 Å². The van der Waals surface area contributed by atoms with Gasteiger partial charge >= 0.3 is 0 Å². The molecule has 4 heteroatoms. The first-order valence-electron chi connectivity index (χ1n) is 4.41. The Hall–Kier alpha value is -1.13. The second kappa shape index (κ2) is 3.94. The van der Waals surface area contributed by atoms with Gasteiger partial charge in [-0.05, 0) is 23.8 Å². The molecule has 0 aromatic heterocycles. The summed E-state index contributed by atoms with van der Waals surface area (Å²) in [6.45, 7) is 1.12. The van der Waals surface area contributed by atoms with Crippen molar-refractivity contribution in [3.8, 4) is 0 Å². The monoisotopic (exact) mass is 196 g/mol. The van der Waals surface area contributed by atoms with Gasteiger partial charge in [-0.3, -0.25) is 0 Å². The average molecular weight is 196 g/mol. The van der Waals surface area contributed by atoms with E-state index in [-0.39, 0.29) is 5.82 Å². The number of nitrogens with two attached hydrogens (primary N) is 1. The van der Waals surface area contributed by atoms with E-state index in [2.05, 4.69) is 0 Å². The van der Waals surface area contributed by atoms with Crippen LogP contribution < -0.4 is 5.73 Å². The molecule has 0 atom stereocenters. The van der Waals surface area contributed by atoms with Gasteiger partial charge in [0.1, 0.15) is 5.82 Å². The summed E-state index contributed by atoms with van der Waals surface area (Å²) >= 11 is 0. The van der Waals surface area contributed by atoms with Gasteiger partial charge in [-0.15, -0.1) is 0 Å². The molecule has 1 aliphatic rings. The van der Waals surface area contributed by atoms with Crippen molar-refractivity contribution in [2.45, 2.75) is 6.42 Å². The Kier molecular flexibility index (Phi) is 2.65. The fraction of sp³-hybridized carbons (Fsp3) is 0.300. The molecule has 3 nitrogen and oxygen atoms in total. The minimum atomic E-state index is -0.298. The van der Waals surface area contributed by atoms with Crippen LogP contribution in [-0.4, -0.2) is 13.2 Å². The van der Waals surface area contributed by atoms with Crippen LogP contribution in [0.1, 0.15) is 5.56 Å². The Balaban J connectivity index is 2.10. The van der Waals surface area contributed by atoms with Gasteiger partial charge < -0.3 is 15.2 Å². The summed E-state index contributed by atoms with van der Waals surface area (Å²) < 4.78 is 23.2. The van der Waals surface area contributed by atoms with Crippen LogP contribution in [-0.2, 0) is 15.9 Å². The molecule has 0 aliphatic carbocycles. The predicted molar refractivity (Wildman–Crippen MR) is 49.7 cm³/mol. The zero-order chi connectivity index (χ0) is 9.97. The summed E-state index contributed by atoms with van der Waals surface area (Å²) in [5, 5.41) is 0. The molecule has 1 saturated heterocycles. The van der Waals surface area contributed by atoms with Gasteiger partial charge in [0.25, 0.3) is 0 Å².